The fraction of sp³-hybridized carbons (Fsp3) is 0.571. The van der Waals surface area contributed by atoms with Crippen molar-refractivity contribution in [3.8, 4) is 0 Å². The van der Waals surface area contributed by atoms with E-state index >= 15 is 0 Å². The van der Waals surface area contributed by atoms with Crippen molar-refractivity contribution in [1.29, 1.82) is 0 Å². The first kappa shape index (κ1) is 21.9. The number of carboxylic acid groups (broad SMARTS) is 2. The van der Waals surface area contributed by atoms with Crippen LogP contribution in [0, 0.1) is 5.92 Å². The number of carbonyl (C=O) groups excluding carboxylic acids is 3. The van der Waals surface area contributed by atoms with Crippen molar-refractivity contribution < 1.29 is 35.1 Å². The van der Waals surface area contributed by atoms with Gasteiger partial charge in [-0.05, 0) is 17.7 Å². The Kier molecular flexibility index (Phi) is 9.74. The molecule has 0 saturated carbocycles. The van der Waals surface area contributed by atoms with Gasteiger partial charge in [0.2, 0.25) is 5.91 Å². The summed E-state index contributed by atoms with van der Waals surface area (Å²) in [6.45, 7) is 3.27. The van der Waals surface area contributed by atoms with Gasteiger partial charge in [0.25, 0.3) is 5.91 Å². The van der Waals surface area contributed by atoms with Gasteiger partial charge < -0.3 is 31.4 Å². The highest BCUT2D eigenvalue weighted by atomic mass is 32.1. The molecule has 0 aliphatic heterocycles. The fourth-order valence-electron chi connectivity index (χ4n) is 1.72. The molecule has 0 unspecified atom stereocenters. The number of hydrogen-bond acceptors (Lipinski definition) is 6. The number of carbonyl (C=O) groups is 4. The number of aliphatic carboxylic acids is 2. The second-order valence-corrected chi connectivity index (χ2v) is 5.79. The van der Waals surface area contributed by atoms with Gasteiger partial charge in [0.1, 0.15) is 17.8 Å². The molecule has 136 valence electrons. The third-order valence-electron chi connectivity index (χ3n) is 3.16. The van der Waals surface area contributed by atoms with E-state index in [1.807, 2.05) is 0 Å². The van der Waals surface area contributed by atoms with Crippen molar-refractivity contribution in [2.24, 2.45) is 5.92 Å². The summed E-state index contributed by atoms with van der Waals surface area (Å²) in [5.41, 5.74) is 3.18. The number of carboxylic acids is 2. The van der Waals surface area contributed by atoms with E-state index in [-0.39, 0.29) is 30.9 Å². The van der Waals surface area contributed by atoms with Gasteiger partial charge in [-0.3, -0.25) is 9.59 Å². The highest BCUT2D eigenvalue weighted by molar-refractivity contribution is 7.83. The van der Waals surface area contributed by atoms with E-state index in [1.165, 1.54) is 0 Å². The molecule has 0 spiro atoms. The molecular formula is C14H23N3O6S. The van der Waals surface area contributed by atoms with Crippen LogP contribution in [0.25, 0.3) is 0 Å². The maximum absolute atomic E-state index is 12.0. The van der Waals surface area contributed by atoms with E-state index < -0.39 is 35.8 Å². The van der Waals surface area contributed by atoms with Crippen LogP contribution in [0.5, 0.6) is 0 Å². The number of nitrogens with one attached hydrogen (secondary N) is 2. The molecule has 2 amide bonds. The molecule has 2 atom stereocenters. The lowest BCUT2D eigenvalue weighted by atomic mass is 10.0. The van der Waals surface area contributed by atoms with Crippen molar-refractivity contribution >= 4 is 36.4 Å². The first-order valence-corrected chi connectivity index (χ1v) is 7.83. The van der Waals surface area contributed by atoms with Crippen LogP contribution in [0.15, 0.2) is 11.1 Å². The molecule has 0 aliphatic carbocycles. The highest BCUT2D eigenvalue weighted by Gasteiger charge is 2.25. The Morgan fingerprint density at radius 3 is 2.29 bits per heavy atom. The number of amides is 2. The summed E-state index contributed by atoms with van der Waals surface area (Å²) in [4.78, 5) is 45.3. The van der Waals surface area contributed by atoms with Gasteiger partial charge in [0, 0.05) is 12.8 Å². The van der Waals surface area contributed by atoms with E-state index in [1.54, 1.807) is 13.8 Å². The van der Waals surface area contributed by atoms with Crippen LogP contribution in [-0.2, 0) is 19.2 Å². The molecule has 10 heteroatoms. The van der Waals surface area contributed by atoms with Crippen LogP contribution < -0.4 is 21.5 Å². The number of quaternary nitrogens is 1. The van der Waals surface area contributed by atoms with Gasteiger partial charge in [-0.1, -0.05) is 13.8 Å². The molecule has 6 N–H and O–H groups in total. The molecule has 0 aromatic rings. The van der Waals surface area contributed by atoms with Gasteiger partial charge in [-0.2, -0.15) is 0 Å². The number of rotatable bonds is 10. The first-order valence-electron chi connectivity index (χ1n) is 7.32. The van der Waals surface area contributed by atoms with Crippen LogP contribution in [-0.4, -0.2) is 40.9 Å². The Hall–Kier alpha value is -2.07. The molecule has 9 nitrogen and oxygen atoms in total. The van der Waals surface area contributed by atoms with Crippen molar-refractivity contribution in [3.63, 3.8) is 0 Å². The molecule has 0 rings (SSSR count). The van der Waals surface area contributed by atoms with Crippen molar-refractivity contribution in [2.45, 2.75) is 45.2 Å². The minimum absolute atomic E-state index is 0.0236. The minimum atomic E-state index is -1.29. The smallest absolute Gasteiger partial charge is 0.326 e. The molecule has 0 radical (unpaired) electrons. The van der Waals surface area contributed by atoms with E-state index in [2.05, 4.69) is 29.0 Å². The molecule has 0 saturated heterocycles. The van der Waals surface area contributed by atoms with Crippen LogP contribution in [0.1, 0.15) is 33.1 Å². The molecule has 0 bridgehead atoms. The third kappa shape index (κ3) is 7.97. The van der Waals surface area contributed by atoms with Crippen LogP contribution in [0.4, 0.5) is 0 Å². The lowest BCUT2D eigenvalue weighted by Gasteiger charge is -2.19. The SMILES string of the molecule is CC(C)[C@@H](NC(=O)/C(=C/S)NC(=O)CCC[C@H]([NH3+])C(=O)[O-])C(=O)O. The minimum Gasteiger partial charge on any atom is -0.544 e. The van der Waals surface area contributed by atoms with Crippen LogP contribution in [0.2, 0.25) is 0 Å². The van der Waals surface area contributed by atoms with Crippen LogP contribution in [0.3, 0.4) is 0 Å². The average molecular weight is 361 g/mol. The van der Waals surface area contributed by atoms with E-state index in [0.717, 1.165) is 5.41 Å². The lowest BCUT2D eigenvalue weighted by Crippen LogP contribution is -2.68. The normalized spacial score (nSPS) is 14.0. The molecule has 0 aromatic carbocycles. The Labute approximate surface area is 145 Å². The topological polar surface area (TPSA) is 163 Å². The van der Waals surface area contributed by atoms with E-state index in [9.17, 15) is 24.3 Å². The van der Waals surface area contributed by atoms with Crippen molar-refractivity contribution in [3.05, 3.63) is 11.1 Å². The van der Waals surface area contributed by atoms with E-state index in [0.29, 0.717) is 0 Å². The van der Waals surface area contributed by atoms with Gasteiger partial charge in [0.15, 0.2) is 0 Å². The van der Waals surface area contributed by atoms with Crippen molar-refractivity contribution in [1.82, 2.24) is 10.6 Å². The molecule has 24 heavy (non-hydrogen) atoms. The summed E-state index contributed by atoms with van der Waals surface area (Å²) in [6.07, 6.45) is 0.389. The summed E-state index contributed by atoms with van der Waals surface area (Å²) in [6, 6.07) is -2.02. The Balaban J connectivity index is 4.54. The molecule has 0 aromatic heterocycles. The van der Waals surface area contributed by atoms with Crippen LogP contribution >= 0.6 is 12.6 Å². The van der Waals surface area contributed by atoms with Gasteiger partial charge >= 0.3 is 5.97 Å². The Bertz CT molecular complexity index is 521. The number of hydrogen-bond donors (Lipinski definition) is 5. The van der Waals surface area contributed by atoms with Gasteiger partial charge in [0.05, 0.1) is 5.97 Å². The molecule has 0 fully saturated rings. The third-order valence-corrected chi connectivity index (χ3v) is 3.42. The summed E-state index contributed by atoms with van der Waals surface area (Å²) >= 11 is 3.83. The lowest BCUT2D eigenvalue weighted by molar-refractivity contribution is -0.438. The Morgan fingerprint density at radius 1 is 1.29 bits per heavy atom. The van der Waals surface area contributed by atoms with Gasteiger partial charge in [-0.15, -0.1) is 12.6 Å². The zero-order chi connectivity index (χ0) is 18.9. The maximum atomic E-state index is 12.0. The average Bonchev–Trinajstić information content (AvgIpc) is 2.48. The largest absolute Gasteiger partial charge is 0.544 e. The summed E-state index contributed by atoms with van der Waals surface area (Å²) in [7, 11) is 0. The first-order chi connectivity index (χ1) is 11.1. The molecule has 0 heterocycles. The van der Waals surface area contributed by atoms with Crippen molar-refractivity contribution in [2.75, 3.05) is 0 Å². The monoisotopic (exact) mass is 361 g/mol. The fourth-order valence-corrected chi connectivity index (χ4v) is 1.90. The highest BCUT2D eigenvalue weighted by Crippen LogP contribution is 2.05. The quantitative estimate of drug-likeness (QED) is 0.216. The van der Waals surface area contributed by atoms with Gasteiger partial charge in [-0.25, -0.2) is 4.79 Å². The molecular weight excluding hydrogens is 338 g/mol. The predicted octanol–water partition coefficient (Wildman–Crippen LogP) is -2.37. The zero-order valence-electron chi connectivity index (χ0n) is 13.6. The predicted molar refractivity (Wildman–Crippen MR) is 85.2 cm³/mol. The summed E-state index contributed by atoms with van der Waals surface area (Å²) < 4.78 is 0. The number of thiol groups is 1. The molecule has 0 aliphatic rings. The maximum Gasteiger partial charge on any atom is 0.326 e. The standard InChI is InChI=1S/C14H23N3O6S/c1-7(2)11(14(22)23)17-12(19)9(6-24)16-10(18)5-3-4-8(15)13(20)21/h6-8,11,24H,3-5,15H2,1-2H3,(H,16,18)(H,17,19)(H,20,21)(H,22,23)/b9-6-/t8-,11+/m0/s1. The summed E-state index contributed by atoms with van der Waals surface area (Å²) in [5, 5.41) is 25.2. The summed E-state index contributed by atoms with van der Waals surface area (Å²) in [5.74, 6) is -4.12. The van der Waals surface area contributed by atoms with E-state index in [4.69, 9.17) is 5.11 Å². The second kappa shape index (κ2) is 10.7. The second-order valence-electron chi connectivity index (χ2n) is 5.53. The Morgan fingerprint density at radius 2 is 1.88 bits per heavy atom. The zero-order valence-corrected chi connectivity index (χ0v) is 14.5.